The molecule has 4 rings (SSSR count). The summed E-state index contributed by atoms with van der Waals surface area (Å²) < 4.78 is 5.01. The molecule has 1 saturated heterocycles. The highest BCUT2D eigenvalue weighted by atomic mass is 16.5. The van der Waals surface area contributed by atoms with Crippen LogP contribution in [-0.4, -0.2) is 41.9 Å². The lowest BCUT2D eigenvalue weighted by Gasteiger charge is -2.37. The van der Waals surface area contributed by atoms with E-state index in [1.54, 1.807) is 0 Å². The number of carbonyl (C=O) groups excluding carboxylic acids is 3. The molecule has 0 N–H and O–H groups in total. The summed E-state index contributed by atoms with van der Waals surface area (Å²) >= 11 is 0. The third-order valence-electron chi connectivity index (χ3n) is 5.89. The van der Waals surface area contributed by atoms with Crippen molar-refractivity contribution in [2.75, 3.05) is 12.0 Å². The molecule has 2 heterocycles. The quantitative estimate of drug-likeness (QED) is 0.593. The summed E-state index contributed by atoms with van der Waals surface area (Å²) in [6.07, 6.45) is 0.520. The van der Waals surface area contributed by atoms with Crippen LogP contribution in [0.15, 0.2) is 42.5 Å². The Morgan fingerprint density at radius 1 is 1.03 bits per heavy atom. The number of benzene rings is 2. The van der Waals surface area contributed by atoms with E-state index in [-0.39, 0.29) is 24.2 Å². The number of imide groups is 1. The molecule has 0 spiro atoms. The van der Waals surface area contributed by atoms with Gasteiger partial charge in [-0.05, 0) is 48.6 Å². The number of carbonyl (C=O) groups is 3. The molecule has 0 aliphatic carbocycles. The van der Waals surface area contributed by atoms with Gasteiger partial charge in [0.15, 0.2) is 0 Å². The van der Waals surface area contributed by atoms with Crippen molar-refractivity contribution in [3.63, 3.8) is 0 Å². The van der Waals surface area contributed by atoms with E-state index in [9.17, 15) is 14.4 Å². The first-order valence-electron chi connectivity index (χ1n) is 9.75. The Morgan fingerprint density at radius 2 is 1.76 bits per heavy atom. The minimum absolute atomic E-state index is 0.0574. The Bertz CT molecular complexity index is 1000. The molecule has 6 nitrogen and oxygen atoms in total. The zero-order chi connectivity index (χ0) is 20.7. The van der Waals surface area contributed by atoms with Crippen molar-refractivity contribution in [1.82, 2.24) is 4.90 Å². The lowest BCUT2D eigenvalue weighted by atomic mass is 9.92. The van der Waals surface area contributed by atoms with Crippen LogP contribution in [-0.2, 0) is 32.1 Å². The molecule has 1 fully saturated rings. The number of rotatable bonds is 3. The Labute approximate surface area is 170 Å². The molecule has 2 atom stereocenters. The summed E-state index contributed by atoms with van der Waals surface area (Å²) in [5.74, 6) is -0.905. The second-order valence-corrected chi connectivity index (χ2v) is 7.76. The van der Waals surface area contributed by atoms with Crippen LogP contribution < -0.4 is 4.90 Å². The third-order valence-corrected chi connectivity index (χ3v) is 5.89. The number of fused-ring (bicyclic) bond motifs is 1. The number of hydrogen-bond acceptors (Lipinski definition) is 5. The van der Waals surface area contributed by atoms with Crippen molar-refractivity contribution < 1.29 is 19.1 Å². The van der Waals surface area contributed by atoms with E-state index in [1.165, 1.54) is 12.0 Å². The van der Waals surface area contributed by atoms with Crippen molar-refractivity contribution in [2.45, 2.75) is 45.3 Å². The van der Waals surface area contributed by atoms with Gasteiger partial charge >= 0.3 is 5.97 Å². The predicted octanol–water partition coefficient (Wildman–Crippen LogP) is 2.54. The highest BCUT2D eigenvalue weighted by Gasteiger charge is 2.47. The first-order chi connectivity index (χ1) is 13.9. The molecule has 29 heavy (non-hydrogen) atoms. The maximum absolute atomic E-state index is 13.4. The van der Waals surface area contributed by atoms with Gasteiger partial charge in [-0.25, -0.2) is 4.90 Å². The summed E-state index contributed by atoms with van der Waals surface area (Å²) in [6.45, 7) is 4.25. The smallest absolute Gasteiger partial charge is 0.323 e. The summed E-state index contributed by atoms with van der Waals surface area (Å²) in [5.41, 5.74) is 4.61. The van der Waals surface area contributed by atoms with Gasteiger partial charge in [-0.2, -0.15) is 0 Å². The zero-order valence-electron chi connectivity index (χ0n) is 16.8. The number of nitrogens with zero attached hydrogens (tertiary/aromatic N) is 2. The van der Waals surface area contributed by atoms with Crippen LogP contribution in [0.2, 0.25) is 0 Å². The lowest BCUT2D eigenvalue weighted by Crippen LogP contribution is -2.53. The molecule has 0 saturated carbocycles. The molecular formula is C23H24N2O4. The molecule has 0 bridgehead atoms. The van der Waals surface area contributed by atoms with Gasteiger partial charge in [-0.3, -0.25) is 19.3 Å². The van der Waals surface area contributed by atoms with Gasteiger partial charge in [0, 0.05) is 6.54 Å². The molecule has 2 amide bonds. The molecular weight excluding hydrogens is 368 g/mol. The van der Waals surface area contributed by atoms with Crippen molar-refractivity contribution in [3.05, 3.63) is 64.7 Å². The third kappa shape index (κ3) is 3.34. The van der Waals surface area contributed by atoms with Gasteiger partial charge in [0.1, 0.15) is 12.1 Å². The van der Waals surface area contributed by atoms with Gasteiger partial charge in [0.05, 0.1) is 19.2 Å². The largest absolute Gasteiger partial charge is 0.468 e. The summed E-state index contributed by atoms with van der Waals surface area (Å²) in [7, 11) is 1.35. The summed E-state index contributed by atoms with van der Waals surface area (Å²) in [4.78, 5) is 41.8. The molecule has 2 unspecified atom stereocenters. The first-order valence-corrected chi connectivity index (χ1v) is 9.75. The number of amides is 2. The van der Waals surface area contributed by atoms with Crippen molar-refractivity contribution in [2.24, 2.45) is 0 Å². The molecule has 2 aliphatic heterocycles. The Kier molecular flexibility index (Phi) is 4.96. The number of methoxy groups -OCH3 is 1. The molecule has 0 radical (unpaired) electrons. The monoisotopic (exact) mass is 392 g/mol. The fourth-order valence-corrected chi connectivity index (χ4v) is 4.31. The number of hydrogen-bond donors (Lipinski definition) is 0. The Balaban J connectivity index is 1.70. The van der Waals surface area contributed by atoms with Crippen molar-refractivity contribution in [1.29, 1.82) is 0 Å². The average molecular weight is 392 g/mol. The van der Waals surface area contributed by atoms with E-state index >= 15 is 0 Å². The standard InChI is InChI=1S/C23H24N2O4/c1-14-8-9-15(2)18(10-14)25-21(26)12-19(22(25)27)24-13-17-7-5-4-6-16(17)11-20(24)23(28)29-3/h4-10,19-20H,11-13H2,1-3H3. The maximum atomic E-state index is 13.4. The van der Waals surface area contributed by atoms with Crippen LogP contribution in [0.3, 0.4) is 0 Å². The van der Waals surface area contributed by atoms with Crippen LogP contribution in [0.4, 0.5) is 5.69 Å². The van der Waals surface area contributed by atoms with E-state index in [1.807, 2.05) is 61.2 Å². The lowest BCUT2D eigenvalue weighted by molar-refractivity contribution is -0.149. The maximum Gasteiger partial charge on any atom is 0.323 e. The van der Waals surface area contributed by atoms with Crippen molar-refractivity contribution >= 4 is 23.5 Å². The van der Waals surface area contributed by atoms with E-state index in [2.05, 4.69) is 0 Å². The van der Waals surface area contributed by atoms with Crippen LogP contribution in [0.25, 0.3) is 0 Å². The second-order valence-electron chi connectivity index (χ2n) is 7.76. The minimum atomic E-state index is -0.681. The first kappa shape index (κ1) is 19.3. The number of ether oxygens (including phenoxy) is 1. The predicted molar refractivity (Wildman–Crippen MR) is 108 cm³/mol. The Hall–Kier alpha value is -2.99. The van der Waals surface area contributed by atoms with E-state index in [0.717, 1.165) is 22.3 Å². The molecule has 2 aromatic carbocycles. The normalized spacial score (nSPS) is 22.0. The SMILES string of the molecule is COC(=O)C1Cc2ccccc2CN1C1CC(=O)N(c2cc(C)ccc2C)C1=O. The fraction of sp³-hybridized carbons (Fsp3) is 0.348. The molecule has 150 valence electrons. The molecule has 0 aromatic heterocycles. The van der Waals surface area contributed by atoms with Gasteiger partial charge in [-0.1, -0.05) is 36.4 Å². The van der Waals surface area contributed by atoms with Crippen LogP contribution in [0.5, 0.6) is 0 Å². The number of aryl methyl sites for hydroxylation is 2. The van der Waals surface area contributed by atoms with E-state index < -0.39 is 12.1 Å². The summed E-state index contributed by atoms with van der Waals surface area (Å²) in [5, 5.41) is 0. The van der Waals surface area contributed by atoms with Gasteiger partial charge < -0.3 is 4.74 Å². The van der Waals surface area contributed by atoms with Crippen molar-refractivity contribution in [3.8, 4) is 0 Å². The number of anilines is 1. The average Bonchev–Trinajstić information content (AvgIpc) is 3.02. The topological polar surface area (TPSA) is 66.9 Å². The molecule has 6 heteroatoms. The molecule has 2 aromatic rings. The van der Waals surface area contributed by atoms with Crippen LogP contribution in [0, 0.1) is 13.8 Å². The van der Waals surface area contributed by atoms with Gasteiger partial charge in [0.2, 0.25) is 5.91 Å². The highest BCUT2D eigenvalue weighted by molar-refractivity contribution is 6.22. The Morgan fingerprint density at radius 3 is 2.48 bits per heavy atom. The highest BCUT2D eigenvalue weighted by Crippen LogP contribution is 2.33. The zero-order valence-corrected chi connectivity index (χ0v) is 16.8. The second kappa shape index (κ2) is 7.44. The van der Waals surface area contributed by atoms with E-state index in [4.69, 9.17) is 4.74 Å². The number of esters is 1. The van der Waals surface area contributed by atoms with Crippen LogP contribution in [0.1, 0.15) is 28.7 Å². The summed E-state index contributed by atoms with van der Waals surface area (Å²) in [6, 6.07) is 12.3. The van der Waals surface area contributed by atoms with Gasteiger partial charge in [-0.15, -0.1) is 0 Å². The van der Waals surface area contributed by atoms with Crippen LogP contribution >= 0.6 is 0 Å². The molecule has 2 aliphatic rings. The van der Waals surface area contributed by atoms with E-state index in [0.29, 0.717) is 18.7 Å². The van der Waals surface area contributed by atoms with Gasteiger partial charge in [0.25, 0.3) is 5.91 Å². The minimum Gasteiger partial charge on any atom is -0.468 e. The fourth-order valence-electron chi connectivity index (χ4n) is 4.31.